The number of rotatable bonds is 4. The third-order valence-corrected chi connectivity index (χ3v) is 3.13. The average molecular weight is 235 g/mol. The molecule has 0 atom stereocenters. The minimum absolute atomic E-state index is 0.510. The van der Waals surface area contributed by atoms with Crippen molar-refractivity contribution in [3.8, 4) is 12.3 Å². The molecule has 0 aliphatic heterocycles. The molecule has 1 rings (SSSR count). The van der Waals surface area contributed by atoms with E-state index in [1.54, 1.807) is 18.4 Å². The van der Waals surface area contributed by atoms with Crippen LogP contribution in [-0.2, 0) is 6.42 Å². The predicted molar refractivity (Wildman–Crippen MR) is 70.8 cm³/mol. The third kappa shape index (κ3) is 3.95. The molecule has 16 heavy (non-hydrogen) atoms. The van der Waals surface area contributed by atoms with Crippen molar-refractivity contribution < 1.29 is 0 Å². The van der Waals surface area contributed by atoms with Gasteiger partial charge in [-0.05, 0) is 17.9 Å². The Balaban J connectivity index is 2.38. The monoisotopic (exact) mass is 235 g/mol. The molecule has 1 aromatic rings. The van der Waals surface area contributed by atoms with Crippen LogP contribution < -0.4 is 5.32 Å². The van der Waals surface area contributed by atoms with Crippen LogP contribution in [0.5, 0.6) is 0 Å². The molecule has 1 aromatic heterocycles. The molecule has 0 radical (unpaired) electrons. The molecule has 0 bridgehead atoms. The van der Waals surface area contributed by atoms with Crippen molar-refractivity contribution in [2.45, 2.75) is 6.42 Å². The van der Waals surface area contributed by atoms with Gasteiger partial charge in [0.2, 0.25) is 0 Å². The summed E-state index contributed by atoms with van der Waals surface area (Å²) in [5.41, 5.74) is 0. The second-order valence-corrected chi connectivity index (χ2v) is 4.39. The van der Waals surface area contributed by atoms with Gasteiger partial charge in [0.1, 0.15) is 0 Å². The van der Waals surface area contributed by atoms with Crippen LogP contribution in [0.4, 0.5) is 0 Å². The minimum Gasteiger partial charge on any atom is -0.346 e. The van der Waals surface area contributed by atoms with Crippen LogP contribution in [0.2, 0.25) is 0 Å². The quantitative estimate of drug-likeness (QED) is 0.486. The summed E-state index contributed by atoms with van der Waals surface area (Å²) in [7, 11) is 3.78. The molecule has 86 valence electrons. The first-order valence-electron chi connectivity index (χ1n) is 5.15. The van der Waals surface area contributed by atoms with Crippen molar-refractivity contribution in [2.24, 2.45) is 4.99 Å². The topological polar surface area (TPSA) is 27.6 Å². The highest BCUT2D eigenvalue weighted by atomic mass is 32.1. The van der Waals surface area contributed by atoms with Crippen LogP contribution in [0.25, 0.3) is 0 Å². The molecule has 0 aliphatic carbocycles. The summed E-state index contributed by atoms with van der Waals surface area (Å²) in [6, 6.07) is 4.22. The Labute approximate surface area is 101 Å². The molecular formula is C12H17N3S. The number of nitrogens with zero attached hydrogens (tertiary/aromatic N) is 2. The van der Waals surface area contributed by atoms with Crippen molar-refractivity contribution in [3.05, 3.63) is 22.4 Å². The summed E-state index contributed by atoms with van der Waals surface area (Å²) in [5, 5.41) is 5.19. The Kier molecular flexibility index (Phi) is 5.44. The second kappa shape index (κ2) is 6.91. The number of hydrogen-bond donors (Lipinski definition) is 1. The Morgan fingerprint density at radius 1 is 1.69 bits per heavy atom. The SMILES string of the molecule is C#CCNC(=NC)N(C)CCc1cccs1. The highest BCUT2D eigenvalue weighted by Crippen LogP contribution is 2.09. The molecule has 1 N–H and O–H groups in total. The first-order valence-corrected chi connectivity index (χ1v) is 6.03. The number of likely N-dealkylation sites (N-methyl/N-ethyl adjacent to an activating group) is 1. The Hall–Kier alpha value is -1.47. The molecule has 0 amide bonds. The lowest BCUT2D eigenvalue weighted by Gasteiger charge is -2.20. The van der Waals surface area contributed by atoms with Gasteiger partial charge >= 0.3 is 0 Å². The number of hydrogen-bond acceptors (Lipinski definition) is 2. The molecule has 0 saturated carbocycles. The van der Waals surface area contributed by atoms with Gasteiger partial charge in [-0.2, -0.15) is 0 Å². The van der Waals surface area contributed by atoms with E-state index in [0.717, 1.165) is 18.9 Å². The number of thiophene rings is 1. The van der Waals surface area contributed by atoms with Gasteiger partial charge in [-0.25, -0.2) is 0 Å². The van der Waals surface area contributed by atoms with Gasteiger partial charge in [0.25, 0.3) is 0 Å². The first kappa shape index (κ1) is 12.6. The maximum atomic E-state index is 5.20. The maximum Gasteiger partial charge on any atom is 0.194 e. The van der Waals surface area contributed by atoms with E-state index < -0.39 is 0 Å². The molecule has 0 unspecified atom stereocenters. The van der Waals surface area contributed by atoms with Crippen molar-refractivity contribution >= 4 is 17.3 Å². The first-order chi connectivity index (χ1) is 7.77. The van der Waals surface area contributed by atoms with Crippen molar-refractivity contribution in [3.63, 3.8) is 0 Å². The Bertz CT molecular complexity index is 362. The Morgan fingerprint density at radius 3 is 3.06 bits per heavy atom. The van der Waals surface area contributed by atoms with Crippen molar-refractivity contribution in [2.75, 3.05) is 27.2 Å². The second-order valence-electron chi connectivity index (χ2n) is 3.36. The fourth-order valence-corrected chi connectivity index (χ4v) is 2.05. The third-order valence-electron chi connectivity index (χ3n) is 2.20. The predicted octanol–water partition coefficient (Wildman–Crippen LogP) is 1.43. The number of terminal acetylenes is 1. The lowest BCUT2D eigenvalue weighted by atomic mass is 10.3. The normalized spacial score (nSPS) is 10.9. The molecule has 1 heterocycles. The fraction of sp³-hybridized carbons (Fsp3) is 0.417. The molecule has 4 heteroatoms. The molecule has 3 nitrogen and oxygen atoms in total. The van der Waals surface area contributed by atoms with E-state index in [1.165, 1.54) is 4.88 Å². The van der Waals surface area contributed by atoms with E-state index in [0.29, 0.717) is 6.54 Å². The van der Waals surface area contributed by atoms with Crippen LogP contribution in [0.15, 0.2) is 22.5 Å². The standard InChI is InChI=1S/C12H17N3S/c1-4-8-14-12(13-2)15(3)9-7-11-6-5-10-16-11/h1,5-6,10H,7-9H2,2-3H3,(H,13,14). The number of aliphatic imine (C=N–C) groups is 1. The highest BCUT2D eigenvalue weighted by molar-refractivity contribution is 7.09. The molecular weight excluding hydrogens is 218 g/mol. The molecule has 0 spiro atoms. The van der Waals surface area contributed by atoms with E-state index in [4.69, 9.17) is 6.42 Å². The molecule has 0 aromatic carbocycles. The number of nitrogens with one attached hydrogen (secondary N) is 1. The van der Waals surface area contributed by atoms with Gasteiger partial charge in [0.05, 0.1) is 6.54 Å². The van der Waals surface area contributed by atoms with Crippen LogP contribution in [0.1, 0.15) is 4.88 Å². The summed E-state index contributed by atoms with van der Waals surface area (Å²) in [4.78, 5) is 7.63. The van der Waals surface area contributed by atoms with Crippen LogP contribution >= 0.6 is 11.3 Å². The van der Waals surface area contributed by atoms with E-state index in [9.17, 15) is 0 Å². The minimum atomic E-state index is 0.510. The summed E-state index contributed by atoms with van der Waals surface area (Å²) >= 11 is 1.78. The van der Waals surface area contributed by atoms with E-state index in [-0.39, 0.29) is 0 Å². The van der Waals surface area contributed by atoms with E-state index >= 15 is 0 Å². The van der Waals surface area contributed by atoms with Gasteiger partial charge in [-0.15, -0.1) is 17.8 Å². The smallest absolute Gasteiger partial charge is 0.194 e. The molecule has 0 saturated heterocycles. The maximum absolute atomic E-state index is 5.20. The van der Waals surface area contributed by atoms with Gasteiger partial charge in [-0.1, -0.05) is 12.0 Å². The average Bonchev–Trinajstić information content (AvgIpc) is 2.80. The summed E-state index contributed by atoms with van der Waals surface area (Å²) in [6.07, 6.45) is 6.23. The molecule has 0 aliphatic rings. The van der Waals surface area contributed by atoms with Gasteiger partial charge in [0, 0.05) is 25.5 Å². The largest absolute Gasteiger partial charge is 0.346 e. The van der Waals surface area contributed by atoms with Gasteiger partial charge in [-0.3, -0.25) is 4.99 Å². The zero-order chi connectivity index (χ0) is 11.8. The zero-order valence-corrected chi connectivity index (χ0v) is 10.5. The van der Waals surface area contributed by atoms with Crippen LogP contribution in [-0.4, -0.2) is 38.0 Å². The summed E-state index contributed by atoms with van der Waals surface area (Å²) in [5.74, 6) is 3.38. The zero-order valence-electron chi connectivity index (χ0n) is 9.73. The lowest BCUT2D eigenvalue weighted by molar-refractivity contribution is 0.491. The Morgan fingerprint density at radius 2 is 2.50 bits per heavy atom. The van der Waals surface area contributed by atoms with E-state index in [2.05, 4.69) is 38.6 Å². The van der Waals surface area contributed by atoms with Crippen molar-refractivity contribution in [1.29, 1.82) is 0 Å². The fourth-order valence-electron chi connectivity index (χ4n) is 1.35. The van der Waals surface area contributed by atoms with E-state index in [1.807, 2.05) is 7.05 Å². The molecule has 0 fully saturated rings. The van der Waals surface area contributed by atoms with Crippen molar-refractivity contribution in [1.82, 2.24) is 10.2 Å². The van der Waals surface area contributed by atoms with Crippen LogP contribution in [0.3, 0.4) is 0 Å². The summed E-state index contributed by atoms with van der Waals surface area (Å²) < 4.78 is 0. The van der Waals surface area contributed by atoms with Gasteiger partial charge in [0.15, 0.2) is 5.96 Å². The van der Waals surface area contributed by atoms with Crippen LogP contribution in [0, 0.1) is 12.3 Å². The lowest BCUT2D eigenvalue weighted by Crippen LogP contribution is -2.39. The highest BCUT2D eigenvalue weighted by Gasteiger charge is 2.04. The van der Waals surface area contributed by atoms with Gasteiger partial charge < -0.3 is 10.2 Å². The summed E-state index contributed by atoms with van der Waals surface area (Å²) in [6.45, 7) is 1.45. The number of guanidine groups is 1.